The molecular formula is C15H13N3. The highest BCUT2D eigenvalue weighted by atomic mass is 15.1. The van der Waals surface area contributed by atoms with E-state index < -0.39 is 0 Å². The maximum Gasteiger partial charge on any atom is 0.101 e. The third-order valence-corrected chi connectivity index (χ3v) is 3.21. The topological polar surface area (TPSA) is 39.9 Å². The summed E-state index contributed by atoms with van der Waals surface area (Å²) in [5.74, 6) is 0. The van der Waals surface area contributed by atoms with Crippen LogP contribution in [0.1, 0.15) is 22.4 Å². The molecule has 3 heteroatoms. The number of rotatable bonds is 2. The summed E-state index contributed by atoms with van der Waals surface area (Å²) in [6, 6.07) is 14.5. The van der Waals surface area contributed by atoms with Crippen molar-refractivity contribution >= 4 is 0 Å². The zero-order chi connectivity index (χ0) is 12.4. The van der Waals surface area contributed by atoms with Crippen molar-refractivity contribution in [1.29, 1.82) is 5.26 Å². The zero-order valence-electron chi connectivity index (χ0n) is 10.0. The Labute approximate surface area is 106 Å². The van der Waals surface area contributed by atoms with E-state index in [2.05, 4.69) is 40.2 Å². The van der Waals surface area contributed by atoms with Crippen molar-refractivity contribution in [3.05, 3.63) is 65.0 Å². The third-order valence-electron chi connectivity index (χ3n) is 3.21. The van der Waals surface area contributed by atoms with Crippen LogP contribution in [0.5, 0.6) is 0 Å². The van der Waals surface area contributed by atoms with E-state index in [4.69, 9.17) is 5.26 Å². The number of hydrogen-bond acceptors (Lipinski definition) is 3. The first-order chi connectivity index (χ1) is 8.85. The van der Waals surface area contributed by atoms with E-state index in [1.165, 1.54) is 11.1 Å². The van der Waals surface area contributed by atoms with Crippen LogP contribution in [0.2, 0.25) is 0 Å². The molecule has 18 heavy (non-hydrogen) atoms. The van der Waals surface area contributed by atoms with Gasteiger partial charge in [-0.2, -0.15) is 5.26 Å². The maximum atomic E-state index is 8.87. The lowest BCUT2D eigenvalue weighted by Gasteiger charge is -2.14. The Hall–Kier alpha value is -2.18. The van der Waals surface area contributed by atoms with Gasteiger partial charge in [-0.25, -0.2) is 0 Å². The number of nitriles is 1. The SMILES string of the molecule is N#Cc1cnc2c(c1)CN(Cc1ccccc1)C2. The highest BCUT2D eigenvalue weighted by Gasteiger charge is 2.20. The lowest BCUT2D eigenvalue weighted by atomic mass is 10.2. The second-order valence-electron chi connectivity index (χ2n) is 4.57. The van der Waals surface area contributed by atoms with Gasteiger partial charge in [0.1, 0.15) is 6.07 Å². The molecule has 0 atom stereocenters. The zero-order valence-corrected chi connectivity index (χ0v) is 10.0. The van der Waals surface area contributed by atoms with Crippen molar-refractivity contribution in [2.45, 2.75) is 19.6 Å². The van der Waals surface area contributed by atoms with Crippen LogP contribution in [0.3, 0.4) is 0 Å². The highest BCUT2D eigenvalue weighted by molar-refractivity contribution is 5.35. The van der Waals surface area contributed by atoms with Gasteiger partial charge in [-0.3, -0.25) is 9.88 Å². The van der Waals surface area contributed by atoms with Gasteiger partial charge in [0.2, 0.25) is 0 Å². The Morgan fingerprint density at radius 3 is 2.83 bits per heavy atom. The van der Waals surface area contributed by atoms with E-state index in [-0.39, 0.29) is 0 Å². The molecule has 0 aliphatic carbocycles. The summed E-state index contributed by atoms with van der Waals surface area (Å²) in [5.41, 5.74) is 4.25. The number of fused-ring (bicyclic) bond motifs is 1. The molecule has 0 radical (unpaired) electrons. The molecule has 1 aromatic carbocycles. The minimum atomic E-state index is 0.648. The fraction of sp³-hybridized carbons (Fsp3) is 0.200. The molecule has 1 aliphatic heterocycles. The predicted octanol–water partition coefficient (Wildman–Crippen LogP) is 2.47. The van der Waals surface area contributed by atoms with Gasteiger partial charge in [-0.15, -0.1) is 0 Å². The molecule has 3 rings (SSSR count). The van der Waals surface area contributed by atoms with Crippen LogP contribution in [0, 0.1) is 11.3 Å². The highest BCUT2D eigenvalue weighted by Crippen LogP contribution is 2.23. The van der Waals surface area contributed by atoms with Gasteiger partial charge in [0, 0.05) is 25.8 Å². The van der Waals surface area contributed by atoms with Crippen LogP contribution in [0.4, 0.5) is 0 Å². The molecule has 0 bridgehead atoms. The van der Waals surface area contributed by atoms with Crippen molar-refractivity contribution < 1.29 is 0 Å². The van der Waals surface area contributed by atoms with Gasteiger partial charge in [0.05, 0.1) is 11.3 Å². The molecule has 0 saturated heterocycles. The van der Waals surface area contributed by atoms with Crippen molar-refractivity contribution in [2.24, 2.45) is 0 Å². The first kappa shape index (κ1) is 10.9. The summed E-state index contributed by atoms with van der Waals surface area (Å²) >= 11 is 0. The summed E-state index contributed by atoms with van der Waals surface area (Å²) in [6.45, 7) is 2.68. The Morgan fingerprint density at radius 2 is 2.06 bits per heavy atom. The summed E-state index contributed by atoms with van der Waals surface area (Å²) in [6.07, 6.45) is 1.66. The molecule has 0 N–H and O–H groups in total. The van der Waals surface area contributed by atoms with Crippen LogP contribution in [-0.4, -0.2) is 9.88 Å². The molecule has 0 saturated carbocycles. The summed E-state index contributed by atoms with van der Waals surface area (Å²) in [4.78, 5) is 6.70. The van der Waals surface area contributed by atoms with Gasteiger partial charge in [0.25, 0.3) is 0 Å². The molecule has 1 aromatic heterocycles. The maximum absolute atomic E-state index is 8.87. The minimum Gasteiger partial charge on any atom is -0.289 e. The van der Waals surface area contributed by atoms with Crippen LogP contribution in [-0.2, 0) is 19.6 Å². The summed E-state index contributed by atoms with van der Waals surface area (Å²) < 4.78 is 0. The van der Waals surface area contributed by atoms with Gasteiger partial charge >= 0.3 is 0 Å². The largest absolute Gasteiger partial charge is 0.289 e. The van der Waals surface area contributed by atoms with E-state index in [0.717, 1.165) is 25.3 Å². The average Bonchev–Trinajstić information content (AvgIpc) is 2.80. The average molecular weight is 235 g/mol. The van der Waals surface area contributed by atoms with Crippen molar-refractivity contribution in [1.82, 2.24) is 9.88 Å². The first-order valence-electron chi connectivity index (χ1n) is 5.99. The van der Waals surface area contributed by atoms with E-state index in [0.29, 0.717) is 5.56 Å². The summed E-state index contributed by atoms with van der Waals surface area (Å²) in [7, 11) is 0. The Bertz CT molecular complexity index is 599. The quantitative estimate of drug-likeness (QED) is 0.802. The number of nitrogens with zero attached hydrogens (tertiary/aromatic N) is 3. The van der Waals surface area contributed by atoms with Crippen molar-refractivity contribution in [3.63, 3.8) is 0 Å². The van der Waals surface area contributed by atoms with E-state index in [9.17, 15) is 0 Å². The second kappa shape index (κ2) is 4.59. The van der Waals surface area contributed by atoms with Crippen LogP contribution in [0.25, 0.3) is 0 Å². The molecular weight excluding hydrogens is 222 g/mol. The van der Waals surface area contributed by atoms with Gasteiger partial charge in [-0.05, 0) is 17.2 Å². The monoisotopic (exact) mass is 235 g/mol. The van der Waals surface area contributed by atoms with E-state index >= 15 is 0 Å². The molecule has 88 valence electrons. The standard InChI is InChI=1S/C15H13N3/c16-7-13-6-14-10-18(11-15(14)17-8-13)9-12-4-2-1-3-5-12/h1-6,8H,9-11H2. The predicted molar refractivity (Wildman–Crippen MR) is 68.3 cm³/mol. The Morgan fingerprint density at radius 1 is 1.22 bits per heavy atom. The molecule has 0 fully saturated rings. The van der Waals surface area contributed by atoms with Gasteiger partial charge in [-0.1, -0.05) is 30.3 Å². The van der Waals surface area contributed by atoms with E-state index in [1.54, 1.807) is 6.20 Å². The van der Waals surface area contributed by atoms with Crippen molar-refractivity contribution in [2.75, 3.05) is 0 Å². The number of benzene rings is 1. The molecule has 0 spiro atoms. The smallest absolute Gasteiger partial charge is 0.101 e. The Kier molecular flexibility index (Phi) is 2.79. The van der Waals surface area contributed by atoms with Crippen LogP contribution < -0.4 is 0 Å². The molecule has 3 nitrogen and oxygen atoms in total. The Balaban J connectivity index is 1.75. The van der Waals surface area contributed by atoms with Gasteiger partial charge in [0.15, 0.2) is 0 Å². The van der Waals surface area contributed by atoms with Gasteiger partial charge < -0.3 is 0 Å². The van der Waals surface area contributed by atoms with E-state index in [1.807, 2.05) is 12.1 Å². The number of hydrogen-bond donors (Lipinski definition) is 0. The number of aromatic nitrogens is 1. The normalized spacial score (nSPS) is 14.2. The van der Waals surface area contributed by atoms with Crippen LogP contribution >= 0.6 is 0 Å². The minimum absolute atomic E-state index is 0.648. The molecule has 1 aliphatic rings. The fourth-order valence-corrected chi connectivity index (χ4v) is 2.34. The fourth-order valence-electron chi connectivity index (χ4n) is 2.34. The first-order valence-corrected chi connectivity index (χ1v) is 5.99. The molecule has 2 heterocycles. The second-order valence-corrected chi connectivity index (χ2v) is 4.57. The molecule has 0 unspecified atom stereocenters. The van der Waals surface area contributed by atoms with Crippen molar-refractivity contribution in [3.8, 4) is 6.07 Å². The molecule has 0 amide bonds. The number of pyridine rings is 1. The summed E-state index contributed by atoms with van der Waals surface area (Å²) in [5, 5.41) is 8.87. The molecule has 2 aromatic rings. The van der Waals surface area contributed by atoms with Crippen LogP contribution in [0.15, 0.2) is 42.6 Å². The lowest BCUT2D eigenvalue weighted by Crippen LogP contribution is -2.15. The third kappa shape index (κ3) is 2.11. The lowest BCUT2D eigenvalue weighted by molar-refractivity contribution is 0.274.